The lowest BCUT2D eigenvalue weighted by Gasteiger charge is -2.44. The van der Waals surface area contributed by atoms with Crippen molar-refractivity contribution in [2.45, 2.75) is 50.5 Å². The second kappa shape index (κ2) is 6.48. The van der Waals surface area contributed by atoms with E-state index in [-0.39, 0.29) is 17.0 Å². The van der Waals surface area contributed by atoms with E-state index in [1.807, 2.05) is 12.1 Å². The van der Waals surface area contributed by atoms with Crippen molar-refractivity contribution < 1.29 is 26.6 Å². The summed E-state index contributed by atoms with van der Waals surface area (Å²) in [6, 6.07) is 8.75. The molecule has 112 valence electrons. The molecule has 3 heteroatoms. The molecule has 2 atom stereocenters. The predicted molar refractivity (Wildman–Crippen MR) is 78.3 cm³/mol. The van der Waals surface area contributed by atoms with Gasteiger partial charge >= 0.3 is 0 Å². The van der Waals surface area contributed by atoms with E-state index in [9.17, 15) is 5.11 Å². The molecule has 1 saturated heterocycles. The van der Waals surface area contributed by atoms with Gasteiger partial charge in [0.25, 0.3) is 0 Å². The largest absolute Gasteiger partial charge is 1.00 e. The van der Waals surface area contributed by atoms with Gasteiger partial charge in [0.15, 0.2) is 0 Å². The Labute approximate surface area is 133 Å². The van der Waals surface area contributed by atoms with E-state index >= 15 is 0 Å². The Morgan fingerprint density at radius 1 is 1.05 bits per heavy atom. The lowest BCUT2D eigenvalue weighted by molar-refractivity contribution is -0.925. The van der Waals surface area contributed by atoms with E-state index in [2.05, 4.69) is 13.1 Å². The molecule has 0 unspecified atom stereocenters. The highest BCUT2D eigenvalue weighted by Crippen LogP contribution is 2.41. The number of halogens is 1. The fraction of sp³-hybridized carbons (Fsp3) is 0.647. The highest BCUT2D eigenvalue weighted by molar-refractivity contribution is 5.30. The molecule has 0 aromatic heterocycles. The zero-order valence-corrected chi connectivity index (χ0v) is 14.0. The monoisotopic (exact) mass is 339 g/mol. The lowest BCUT2D eigenvalue weighted by Crippen LogP contribution is -3.00. The van der Waals surface area contributed by atoms with Crippen molar-refractivity contribution in [2.75, 3.05) is 20.1 Å². The molecule has 0 amide bonds. The molecule has 1 saturated carbocycles. The SMILES string of the molecule is C[N+]1([C@H]2CCCC[C@H]2c2cccc(O)c2)CCCC1.[Br-]. The number of benzene rings is 1. The highest BCUT2D eigenvalue weighted by atomic mass is 79.9. The summed E-state index contributed by atoms with van der Waals surface area (Å²) < 4.78 is 1.26. The first-order chi connectivity index (χ1) is 9.19. The van der Waals surface area contributed by atoms with Gasteiger partial charge in [-0.15, -0.1) is 0 Å². The number of nitrogens with zero attached hydrogens (tertiary/aromatic N) is 1. The van der Waals surface area contributed by atoms with Gasteiger partial charge in [-0.2, -0.15) is 0 Å². The van der Waals surface area contributed by atoms with Crippen molar-refractivity contribution in [1.82, 2.24) is 0 Å². The Morgan fingerprint density at radius 2 is 1.75 bits per heavy atom. The Kier molecular flexibility index (Phi) is 5.14. The second-order valence-electron chi connectivity index (χ2n) is 6.69. The second-order valence-corrected chi connectivity index (χ2v) is 6.69. The molecule has 3 rings (SSSR count). The van der Waals surface area contributed by atoms with Gasteiger partial charge in [0.2, 0.25) is 0 Å². The summed E-state index contributed by atoms with van der Waals surface area (Å²) in [4.78, 5) is 0. The summed E-state index contributed by atoms with van der Waals surface area (Å²) in [5, 5.41) is 9.75. The van der Waals surface area contributed by atoms with Crippen LogP contribution in [0.3, 0.4) is 0 Å². The molecule has 1 aliphatic heterocycles. The van der Waals surface area contributed by atoms with Crippen molar-refractivity contribution in [2.24, 2.45) is 0 Å². The smallest absolute Gasteiger partial charge is 0.115 e. The Balaban J connectivity index is 0.00000147. The van der Waals surface area contributed by atoms with Crippen LogP contribution < -0.4 is 17.0 Å². The van der Waals surface area contributed by atoms with Crippen LogP contribution in [0.1, 0.15) is 50.0 Å². The zero-order valence-electron chi connectivity index (χ0n) is 12.4. The van der Waals surface area contributed by atoms with E-state index in [0.29, 0.717) is 11.7 Å². The number of hydrogen-bond donors (Lipinski definition) is 1. The molecule has 1 N–H and O–H groups in total. The van der Waals surface area contributed by atoms with E-state index in [4.69, 9.17) is 0 Å². The Morgan fingerprint density at radius 3 is 2.45 bits per heavy atom. The molecular formula is C17H26BrNO. The first kappa shape index (κ1) is 15.8. The van der Waals surface area contributed by atoms with E-state index in [0.717, 1.165) is 6.04 Å². The third kappa shape index (κ3) is 3.04. The summed E-state index contributed by atoms with van der Waals surface area (Å²) in [6.45, 7) is 2.69. The number of likely N-dealkylation sites (N-methyl/N-ethyl adjacent to an activating group) is 1. The standard InChI is InChI=1S/C17H25NO.BrH/c1-18(11-4-5-12-18)17-10-3-2-9-16(17)14-7-6-8-15(19)13-14;/h6-8,13,16-17H,2-5,9-12H2,1H3;1H/t16-,17-;/m0./s1. The van der Waals surface area contributed by atoms with Crippen LogP contribution in [0.2, 0.25) is 0 Å². The van der Waals surface area contributed by atoms with Crippen LogP contribution in [0.4, 0.5) is 0 Å². The predicted octanol–water partition coefficient (Wildman–Crippen LogP) is 0.663. The first-order valence-electron chi connectivity index (χ1n) is 7.82. The van der Waals surface area contributed by atoms with Crippen LogP contribution in [-0.2, 0) is 0 Å². The van der Waals surface area contributed by atoms with Gasteiger partial charge in [0.05, 0.1) is 26.2 Å². The minimum Gasteiger partial charge on any atom is -1.00 e. The summed E-state index contributed by atoms with van der Waals surface area (Å²) in [7, 11) is 2.46. The van der Waals surface area contributed by atoms with Gasteiger partial charge in [-0.25, -0.2) is 0 Å². The van der Waals surface area contributed by atoms with Gasteiger partial charge in [-0.1, -0.05) is 18.6 Å². The minimum absolute atomic E-state index is 0. The minimum atomic E-state index is 0. The molecule has 0 bridgehead atoms. The molecule has 20 heavy (non-hydrogen) atoms. The van der Waals surface area contributed by atoms with Crippen LogP contribution in [-0.4, -0.2) is 35.8 Å². The molecule has 1 heterocycles. The molecule has 2 nitrogen and oxygen atoms in total. The summed E-state index contributed by atoms with van der Waals surface area (Å²) in [5.41, 5.74) is 1.36. The maximum absolute atomic E-state index is 9.75. The maximum atomic E-state index is 9.75. The number of phenols is 1. The number of phenolic OH excluding ortho intramolecular Hbond substituents is 1. The molecule has 1 aliphatic carbocycles. The van der Waals surface area contributed by atoms with Crippen LogP contribution in [0.15, 0.2) is 24.3 Å². The third-order valence-electron chi connectivity index (χ3n) is 5.42. The van der Waals surface area contributed by atoms with E-state index in [1.165, 1.54) is 61.7 Å². The van der Waals surface area contributed by atoms with Crippen molar-refractivity contribution >= 4 is 0 Å². The summed E-state index contributed by atoms with van der Waals surface area (Å²) in [5.74, 6) is 1.06. The maximum Gasteiger partial charge on any atom is 0.115 e. The van der Waals surface area contributed by atoms with Crippen molar-refractivity contribution in [3.63, 3.8) is 0 Å². The number of likely N-dealkylation sites (tertiary alicyclic amines) is 1. The zero-order chi connectivity index (χ0) is 13.3. The highest BCUT2D eigenvalue weighted by Gasteiger charge is 2.42. The van der Waals surface area contributed by atoms with Crippen LogP contribution >= 0.6 is 0 Å². The third-order valence-corrected chi connectivity index (χ3v) is 5.42. The fourth-order valence-electron chi connectivity index (χ4n) is 4.39. The normalized spacial score (nSPS) is 28.9. The quantitative estimate of drug-likeness (QED) is 0.785. The van der Waals surface area contributed by atoms with Gasteiger partial charge in [-0.3, -0.25) is 0 Å². The van der Waals surface area contributed by atoms with Crippen LogP contribution in [0.25, 0.3) is 0 Å². The Hall–Kier alpha value is -0.540. The fourth-order valence-corrected chi connectivity index (χ4v) is 4.39. The van der Waals surface area contributed by atoms with E-state index in [1.54, 1.807) is 6.07 Å². The van der Waals surface area contributed by atoms with Gasteiger partial charge in [0, 0.05) is 25.2 Å². The molecule has 1 aromatic rings. The van der Waals surface area contributed by atoms with Gasteiger partial charge < -0.3 is 26.6 Å². The average Bonchev–Trinajstić information content (AvgIpc) is 2.87. The average molecular weight is 340 g/mol. The number of quaternary nitrogens is 1. The van der Waals surface area contributed by atoms with Gasteiger partial charge in [0.1, 0.15) is 5.75 Å². The molecular weight excluding hydrogens is 314 g/mol. The number of aromatic hydroxyl groups is 1. The molecule has 0 radical (unpaired) electrons. The number of hydrogen-bond acceptors (Lipinski definition) is 1. The van der Waals surface area contributed by atoms with Gasteiger partial charge in [-0.05, 0) is 30.5 Å². The van der Waals surface area contributed by atoms with Crippen molar-refractivity contribution in [3.05, 3.63) is 29.8 Å². The molecule has 2 fully saturated rings. The van der Waals surface area contributed by atoms with Crippen LogP contribution in [0.5, 0.6) is 5.75 Å². The molecule has 2 aliphatic rings. The molecule has 0 spiro atoms. The summed E-state index contributed by atoms with van der Waals surface area (Å²) >= 11 is 0. The van der Waals surface area contributed by atoms with E-state index < -0.39 is 0 Å². The lowest BCUT2D eigenvalue weighted by atomic mass is 9.78. The van der Waals surface area contributed by atoms with Crippen molar-refractivity contribution in [1.29, 1.82) is 0 Å². The molecule has 1 aromatic carbocycles. The topological polar surface area (TPSA) is 20.2 Å². The summed E-state index contributed by atoms with van der Waals surface area (Å²) in [6.07, 6.45) is 8.16. The Bertz CT molecular complexity index is 442. The first-order valence-corrected chi connectivity index (χ1v) is 7.82. The van der Waals surface area contributed by atoms with Crippen LogP contribution in [0, 0.1) is 0 Å². The van der Waals surface area contributed by atoms with Crippen molar-refractivity contribution in [3.8, 4) is 5.75 Å². The number of rotatable bonds is 2.